The number of hydrogen-bond donors (Lipinski definition) is 0. The molecule has 170 valence electrons. The van der Waals surface area contributed by atoms with Gasteiger partial charge in [-0.1, -0.05) is 53.9 Å². The van der Waals surface area contributed by atoms with E-state index in [-0.39, 0.29) is 6.10 Å². The quantitative estimate of drug-likeness (QED) is 0.410. The first-order chi connectivity index (χ1) is 14.3. The molecule has 0 aliphatic heterocycles. The van der Waals surface area contributed by atoms with Crippen LogP contribution < -0.4 is 0 Å². The van der Waals surface area contributed by atoms with Gasteiger partial charge < -0.3 is 4.74 Å². The fourth-order valence-corrected chi connectivity index (χ4v) is 10.5. The lowest BCUT2D eigenvalue weighted by atomic mass is 9.45. The zero-order chi connectivity index (χ0) is 21.3. The van der Waals surface area contributed by atoms with Crippen molar-refractivity contribution in [3.05, 3.63) is 0 Å². The first-order valence-electron chi connectivity index (χ1n) is 13.4. The van der Waals surface area contributed by atoms with E-state index in [2.05, 4.69) is 34.6 Å². The van der Waals surface area contributed by atoms with Crippen LogP contribution in [0.5, 0.6) is 0 Å². The van der Waals surface area contributed by atoms with E-state index in [0.29, 0.717) is 16.2 Å². The molecular formula is C28H46O2. The summed E-state index contributed by atoms with van der Waals surface area (Å²) >= 11 is 0. The van der Waals surface area contributed by atoms with Crippen molar-refractivity contribution in [1.82, 2.24) is 0 Å². The largest absolute Gasteiger partial charge is 0.464 e. The van der Waals surface area contributed by atoms with Crippen LogP contribution in [0, 0.1) is 57.7 Å². The summed E-state index contributed by atoms with van der Waals surface area (Å²) in [4.78, 5) is 11.4. The highest BCUT2D eigenvalue weighted by atomic mass is 16.5. The molecule has 0 bridgehead atoms. The summed E-state index contributed by atoms with van der Waals surface area (Å²) in [6, 6.07) is 0. The predicted molar refractivity (Wildman–Crippen MR) is 122 cm³/mol. The molecule has 10 atom stereocenters. The Hall–Kier alpha value is -0.530. The molecule has 0 saturated heterocycles. The van der Waals surface area contributed by atoms with Crippen molar-refractivity contribution in [3.63, 3.8) is 0 Å². The lowest BCUT2D eigenvalue weighted by molar-refractivity contribution is -0.173. The van der Waals surface area contributed by atoms with Crippen LogP contribution >= 0.6 is 0 Å². The summed E-state index contributed by atoms with van der Waals surface area (Å²) in [5.41, 5.74) is 1.30. The molecule has 0 aromatic rings. The van der Waals surface area contributed by atoms with Crippen molar-refractivity contribution in [2.24, 2.45) is 57.7 Å². The molecule has 2 heteroatoms. The van der Waals surface area contributed by atoms with Crippen molar-refractivity contribution in [2.45, 2.75) is 111 Å². The minimum Gasteiger partial charge on any atom is -0.464 e. The number of carbonyl (C=O) groups excluding carboxylic acids is 1. The second kappa shape index (κ2) is 7.24. The third-order valence-corrected chi connectivity index (χ3v) is 12.0. The van der Waals surface area contributed by atoms with Crippen molar-refractivity contribution >= 4 is 6.47 Å². The van der Waals surface area contributed by atoms with Gasteiger partial charge in [0.25, 0.3) is 6.47 Å². The minimum atomic E-state index is 0.207. The van der Waals surface area contributed by atoms with E-state index in [1.807, 2.05) is 0 Å². The Kier molecular flexibility index (Phi) is 5.15. The molecule has 0 aromatic heterocycles. The van der Waals surface area contributed by atoms with Crippen LogP contribution in [0.25, 0.3) is 0 Å². The molecule has 0 amide bonds. The van der Waals surface area contributed by atoms with Crippen LogP contribution in [-0.4, -0.2) is 12.6 Å². The van der Waals surface area contributed by atoms with E-state index in [4.69, 9.17) is 4.74 Å². The Morgan fingerprint density at radius 1 is 1.00 bits per heavy atom. The molecule has 0 N–H and O–H groups in total. The fraction of sp³-hybridized carbons (Fsp3) is 0.964. The SMILES string of the molecule is CC(C)CCC[C@@H](C)[C@H]1CCC2C3C[C@@H](OC=O)[C@]45C[C@@H]4CC[C@]5(C)C3CC[C@@]21C. The number of fused-ring (bicyclic) bond motifs is 4. The maximum atomic E-state index is 11.4. The molecule has 0 heterocycles. The van der Waals surface area contributed by atoms with Gasteiger partial charge in [-0.05, 0) is 104 Å². The Morgan fingerprint density at radius 2 is 1.80 bits per heavy atom. The van der Waals surface area contributed by atoms with E-state index in [9.17, 15) is 4.79 Å². The van der Waals surface area contributed by atoms with Gasteiger partial charge in [-0.15, -0.1) is 0 Å². The van der Waals surface area contributed by atoms with Gasteiger partial charge in [-0.3, -0.25) is 4.79 Å². The van der Waals surface area contributed by atoms with Crippen molar-refractivity contribution in [3.8, 4) is 0 Å². The lowest BCUT2D eigenvalue weighted by Gasteiger charge is -2.60. The first-order valence-corrected chi connectivity index (χ1v) is 13.4. The summed E-state index contributed by atoms with van der Waals surface area (Å²) in [5.74, 6) is 5.98. The van der Waals surface area contributed by atoms with Gasteiger partial charge in [-0.2, -0.15) is 0 Å². The Bertz CT molecular complexity index is 672. The summed E-state index contributed by atoms with van der Waals surface area (Å²) in [6.07, 6.45) is 15.4. The highest BCUT2D eigenvalue weighted by Gasteiger charge is 2.78. The van der Waals surface area contributed by atoms with Crippen LogP contribution in [0.3, 0.4) is 0 Å². The monoisotopic (exact) mass is 414 g/mol. The zero-order valence-corrected chi connectivity index (χ0v) is 20.3. The molecule has 2 nitrogen and oxygen atoms in total. The molecule has 1 spiro atoms. The third kappa shape index (κ3) is 2.76. The number of hydrogen-bond acceptors (Lipinski definition) is 2. The second-order valence-electron chi connectivity index (χ2n) is 13.3. The van der Waals surface area contributed by atoms with Crippen LogP contribution in [-0.2, 0) is 9.53 Å². The highest BCUT2D eigenvalue weighted by Crippen LogP contribution is 2.82. The topological polar surface area (TPSA) is 26.3 Å². The molecule has 5 aliphatic rings. The van der Waals surface area contributed by atoms with Crippen LogP contribution in [0.4, 0.5) is 0 Å². The van der Waals surface area contributed by atoms with E-state index < -0.39 is 0 Å². The standard InChI is InChI=1S/C28H46O2/c1-18(2)7-6-8-19(3)22-9-10-23-21-15-25(30-17-29)28-16-20(28)11-14-27(28,5)24(21)12-13-26(22,23)4/h17-25H,6-16H2,1-5H3/t19-,20+,21?,22-,23?,24?,25-,26-,27-,28+/m1/s1. The Balaban J connectivity index is 1.36. The first kappa shape index (κ1) is 21.3. The molecule has 30 heavy (non-hydrogen) atoms. The van der Waals surface area contributed by atoms with E-state index in [1.54, 1.807) is 0 Å². The van der Waals surface area contributed by atoms with Crippen LogP contribution in [0.15, 0.2) is 0 Å². The van der Waals surface area contributed by atoms with Crippen LogP contribution in [0.1, 0.15) is 105 Å². The van der Waals surface area contributed by atoms with Crippen LogP contribution in [0.2, 0.25) is 0 Å². The van der Waals surface area contributed by atoms with Crippen molar-refractivity contribution < 1.29 is 9.53 Å². The number of carbonyl (C=O) groups is 1. The van der Waals surface area contributed by atoms with Gasteiger partial charge in [-0.25, -0.2) is 0 Å². The van der Waals surface area contributed by atoms with Crippen molar-refractivity contribution in [1.29, 1.82) is 0 Å². The molecule has 5 saturated carbocycles. The minimum absolute atomic E-state index is 0.207. The summed E-state index contributed by atoms with van der Waals surface area (Å²) in [5, 5.41) is 0. The summed E-state index contributed by atoms with van der Waals surface area (Å²) < 4.78 is 5.91. The summed E-state index contributed by atoms with van der Waals surface area (Å²) in [6.45, 7) is 13.3. The van der Waals surface area contributed by atoms with Gasteiger partial charge in [0.15, 0.2) is 0 Å². The third-order valence-electron chi connectivity index (χ3n) is 12.0. The van der Waals surface area contributed by atoms with Gasteiger partial charge in [0.2, 0.25) is 0 Å². The predicted octanol–water partition coefficient (Wildman–Crippen LogP) is 7.26. The van der Waals surface area contributed by atoms with E-state index >= 15 is 0 Å². The summed E-state index contributed by atoms with van der Waals surface area (Å²) in [7, 11) is 0. The second-order valence-corrected chi connectivity index (χ2v) is 13.3. The molecule has 5 aliphatic carbocycles. The average Bonchev–Trinajstić information content (AvgIpc) is 3.20. The number of ether oxygens (including phenoxy) is 1. The Morgan fingerprint density at radius 3 is 2.50 bits per heavy atom. The van der Waals surface area contributed by atoms with Gasteiger partial charge in [0, 0.05) is 5.41 Å². The highest BCUT2D eigenvalue weighted by molar-refractivity contribution is 5.39. The van der Waals surface area contributed by atoms with Gasteiger partial charge in [0.05, 0.1) is 0 Å². The maximum absolute atomic E-state index is 11.4. The van der Waals surface area contributed by atoms with Crippen molar-refractivity contribution in [2.75, 3.05) is 0 Å². The fourth-order valence-electron chi connectivity index (χ4n) is 10.5. The molecule has 0 radical (unpaired) electrons. The molecule has 0 aromatic carbocycles. The maximum Gasteiger partial charge on any atom is 0.293 e. The smallest absolute Gasteiger partial charge is 0.293 e. The van der Waals surface area contributed by atoms with E-state index in [1.165, 1.54) is 70.6 Å². The Labute approximate surface area is 185 Å². The molecule has 5 fully saturated rings. The number of rotatable bonds is 7. The average molecular weight is 415 g/mol. The van der Waals surface area contributed by atoms with E-state index in [0.717, 1.165) is 47.9 Å². The lowest BCUT2D eigenvalue weighted by Crippen LogP contribution is -2.57. The molecular weight excluding hydrogens is 368 g/mol. The normalized spacial score (nSPS) is 52.2. The zero-order valence-electron chi connectivity index (χ0n) is 20.3. The van der Waals surface area contributed by atoms with Gasteiger partial charge in [0.1, 0.15) is 6.10 Å². The molecule has 5 rings (SSSR count). The van der Waals surface area contributed by atoms with Gasteiger partial charge >= 0.3 is 0 Å². The molecule has 3 unspecified atom stereocenters.